The molecule has 1 saturated heterocycles. The molecule has 0 radical (unpaired) electrons. The third kappa shape index (κ3) is 3.31. The van der Waals surface area contributed by atoms with Gasteiger partial charge in [-0.1, -0.05) is 0 Å². The minimum Gasteiger partial charge on any atom is -0.385 e. The number of rotatable bonds is 4. The Labute approximate surface area is 103 Å². The second-order valence-corrected chi connectivity index (χ2v) is 5.18. The van der Waals surface area contributed by atoms with Crippen molar-refractivity contribution in [1.29, 1.82) is 0 Å². The van der Waals surface area contributed by atoms with Crippen LogP contribution in [0.1, 0.15) is 18.9 Å². The third-order valence-corrected chi connectivity index (χ3v) is 3.58. The van der Waals surface area contributed by atoms with Gasteiger partial charge in [-0.15, -0.1) is 0 Å². The lowest BCUT2D eigenvalue weighted by Gasteiger charge is -2.30. The predicted octanol–water partition coefficient (Wildman–Crippen LogP) is 0.528. The predicted molar refractivity (Wildman–Crippen MR) is 68.9 cm³/mol. The summed E-state index contributed by atoms with van der Waals surface area (Å²) in [6.45, 7) is 7.17. The van der Waals surface area contributed by atoms with Gasteiger partial charge >= 0.3 is 0 Å². The number of nitrogens with one attached hydrogen (secondary N) is 1. The fraction of sp³-hybridized carbons (Fsp3) is 0.692. The zero-order valence-electron chi connectivity index (χ0n) is 10.8. The van der Waals surface area contributed by atoms with Crippen LogP contribution in [0.4, 0.5) is 0 Å². The van der Waals surface area contributed by atoms with Gasteiger partial charge in [0.05, 0.1) is 5.60 Å². The summed E-state index contributed by atoms with van der Waals surface area (Å²) in [7, 11) is 1.98. The van der Waals surface area contributed by atoms with Gasteiger partial charge in [-0.05, 0) is 19.4 Å². The van der Waals surface area contributed by atoms with Gasteiger partial charge in [0.2, 0.25) is 0 Å². The van der Waals surface area contributed by atoms with Crippen LogP contribution >= 0.6 is 0 Å². The van der Waals surface area contributed by atoms with E-state index in [2.05, 4.69) is 10.2 Å². The first kappa shape index (κ1) is 12.6. The topological polar surface area (TPSA) is 40.4 Å². The maximum Gasteiger partial charge on any atom is 0.0895 e. The van der Waals surface area contributed by atoms with Crippen LogP contribution in [0.3, 0.4) is 0 Å². The molecule has 1 aromatic rings. The number of hydrogen-bond donors (Lipinski definition) is 2. The third-order valence-electron chi connectivity index (χ3n) is 3.58. The van der Waals surface area contributed by atoms with Gasteiger partial charge in [0, 0.05) is 57.7 Å². The molecule has 0 amide bonds. The minimum absolute atomic E-state index is 0.716. The minimum atomic E-state index is -0.716. The van der Waals surface area contributed by atoms with Crippen LogP contribution < -0.4 is 5.32 Å². The Hall–Kier alpha value is -0.840. The van der Waals surface area contributed by atoms with Crippen LogP contribution in [0.15, 0.2) is 18.5 Å². The summed E-state index contributed by atoms with van der Waals surface area (Å²) in [6.07, 6.45) is 4.77. The molecular weight excluding hydrogens is 214 g/mol. The summed E-state index contributed by atoms with van der Waals surface area (Å²) in [5.74, 6) is 0. The quantitative estimate of drug-likeness (QED) is 0.802. The van der Waals surface area contributed by atoms with Gasteiger partial charge in [-0.3, -0.25) is 0 Å². The molecule has 2 N–H and O–H groups in total. The SMILES string of the molecule is Cn1ccc(C(C)(O)CCN2CCNCC2)c1. The Balaban J connectivity index is 1.88. The molecule has 1 unspecified atom stereocenters. The number of nitrogens with zero attached hydrogens (tertiary/aromatic N) is 2. The van der Waals surface area contributed by atoms with Crippen LogP contribution in [0, 0.1) is 0 Å². The lowest BCUT2D eigenvalue weighted by atomic mass is 9.95. The average Bonchev–Trinajstić information content (AvgIpc) is 2.76. The fourth-order valence-electron chi connectivity index (χ4n) is 2.28. The van der Waals surface area contributed by atoms with Gasteiger partial charge in [-0.2, -0.15) is 0 Å². The standard InChI is InChI=1S/C13H23N3O/c1-13(17,12-3-7-15(2)11-12)4-8-16-9-5-14-6-10-16/h3,7,11,14,17H,4-6,8-10H2,1-2H3. The molecule has 4 heteroatoms. The van der Waals surface area contributed by atoms with Crippen molar-refractivity contribution in [2.45, 2.75) is 18.9 Å². The summed E-state index contributed by atoms with van der Waals surface area (Å²) in [5.41, 5.74) is 0.293. The van der Waals surface area contributed by atoms with E-state index in [1.807, 2.05) is 37.0 Å². The molecule has 17 heavy (non-hydrogen) atoms. The summed E-state index contributed by atoms with van der Waals surface area (Å²) in [6, 6.07) is 2.00. The Morgan fingerprint density at radius 2 is 2.12 bits per heavy atom. The summed E-state index contributed by atoms with van der Waals surface area (Å²) in [5, 5.41) is 13.8. The lowest BCUT2D eigenvalue weighted by molar-refractivity contribution is 0.0345. The first-order chi connectivity index (χ1) is 8.08. The Kier molecular flexibility index (Phi) is 3.86. The molecule has 0 spiro atoms. The maximum absolute atomic E-state index is 10.5. The van der Waals surface area contributed by atoms with E-state index < -0.39 is 5.60 Å². The monoisotopic (exact) mass is 237 g/mol. The van der Waals surface area contributed by atoms with Crippen molar-refractivity contribution in [2.24, 2.45) is 7.05 Å². The molecule has 1 atom stereocenters. The molecular formula is C13H23N3O. The van der Waals surface area contributed by atoms with Crippen molar-refractivity contribution >= 4 is 0 Å². The summed E-state index contributed by atoms with van der Waals surface area (Å²) in [4.78, 5) is 2.41. The molecule has 0 aromatic carbocycles. The first-order valence-corrected chi connectivity index (χ1v) is 6.36. The Morgan fingerprint density at radius 1 is 1.41 bits per heavy atom. The normalized spacial score (nSPS) is 21.4. The highest BCUT2D eigenvalue weighted by atomic mass is 16.3. The van der Waals surface area contributed by atoms with Crippen molar-refractivity contribution in [3.8, 4) is 0 Å². The summed E-state index contributed by atoms with van der Waals surface area (Å²) < 4.78 is 1.98. The van der Waals surface area contributed by atoms with Crippen LogP contribution in [0.5, 0.6) is 0 Å². The molecule has 0 saturated carbocycles. The van der Waals surface area contributed by atoms with E-state index in [1.165, 1.54) is 0 Å². The van der Waals surface area contributed by atoms with E-state index in [4.69, 9.17) is 0 Å². The molecule has 1 aromatic heterocycles. The van der Waals surface area contributed by atoms with Crippen molar-refractivity contribution in [3.63, 3.8) is 0 Å². The largest absolute Gasteiger partial charge is 0.385 e. The molecule has 2 rings (SSSR count). The molecule has 1 aliphatic heterocycles. The highest BCUT2D eigenvalue weighted by Gasteiger charge is 2.25. The fourth-order valence-corrected chi connectivity index (χ4v) is 2.28. The highest BCUT2D eigenvalue weighted by Crippen LogP contribution is 2.24. The number of hydrogen-bond acceptors (Lipinski definition) is 3. The van der Waals surface area contributed by atoms with Crippen LogP contribution in [-0.2, 0) is 12.6 Å². The van der Waals surface area contributed by atoms with Crippen LogP contribution in [0.25, 0.3) is 0 Å². The zero-order chi connectivity index (χ0) is 12.3. The zero-order valence-corrected chi connectivity index (χ0v) is 10.8. The second kappa shape index (κ2) is 5.21. The Bertz CT molecular complexity index is 353. The van der Waals surface area contributed by atoms with E-state index >= 15 is 0 Å². The summed E-state index contributed by atoms with van der Waals surface area (Å²) >= 11 is 0. The van der Waals surface area contributed by atoms with Crippen LogP contribution in [-0.4, -0.2) is 47.3 Å². The number of aryl methyl sites for hydroxylation is 1. The molecule has 0 aliphatic carbocycles. The molecule has 1 fully saturated rings. The molecule has 4 nitrogen and oxygen atoms in total. The van der Waals surface area contributed by atoms with Crippen LogP contribution in [0.2, 0.25) is 0 Å². The van der Waals surface area contributed by atoms with E-state index in [0.717, 1.165) is 44.7 Å². The number of piperazine rings is 1. The second-order valence-electron chi connectivity index (χ2n) is 5.18. The van der Waals surface area contributed by atoms with Crippen molar-refractivity contribution in [3.05, 3.63) is 24.0 Å². The van der Waals surface area contributed by atoms with Crippen molar-refractivity contribution in [2.75, 3.05) is 32.7 Å². The van der Waals surface area contributed by atoms with E-state index in [-0.39, 0.29) is 0 Å². The Morgan fingerprint density at radius 3 is 2.71 bits per heavy atom. The van der Waals surface area contributed by atoms with Gasteiger partial charge in [0.25, 0.3) is 0 Å². The van der Waals surface area contributed by atoms with Gasteiger partial charge < -0.3 is 19.9 Å². The van der Waals surface area contributed by atoms with Gasteiger partial charge in [0.15, 0.2) is 0 Å². The molecule has 1 aliphatic rings. The molecule has 0 bridgehead atoms. The average molecular weight is 237 g/mol. The van der Waals surface area contributed by atoms with Gasteiger partial charge in [0.1, 0.15) is 0 Å². The van der Waals surface area contributed by atoms with E-state index in [1.54, 1.807) is 0 Å². The molecule has 96 valence electrons. The first-order valence-electron chi connectivity index (χ1n) is 6.36. The van der Waals surface area contributed by atoms with E-state index in [9.17, 15) is 5.11 Å². The highest BCUT2D eigenvalue weighted by molar-refractivity contribution is 5.18. The van der Waals surface area contributed by atoms with E-state index in [0.29, 0.717) is 0 Å². The number of aromatic nitrogens is 1. The molecule has 2 heterocycles. The smallest absolute Gasteiger partial charge is 0.0895 e. The lowest BCUT2D eigenvalue weighted by Crippen LogP contribution is -2.44. The van der Waals surface area contributed by atoms with Crippen molar-refractivity contribution < 1.29 is 5.11 Å². The number of aliphatic hydroxyl groups is 1. The van der Waals surface area contributed by atoms with Gasteiger partial charge in [-0.25, -0.2) is 0 Å². The van der Waals surface area contributed by atoms with Crippen molar-refractivity contribution in [1.82, 2.24) is 14.8 Å². The maximum atomic E-state index is 10.5.